The summed E-state index contributed by atoms with van der Waals surface area (Å²) in [5, 5.41) is 3.43. The molecule has 0 aliphatic carbocycles. The highest BCUT2D eigenvalue weighted by atomic mass is 16.5. The smallest absolute Gasteiger partial charge is 0.119 e. The van der Waals surface area contributed by atoms with Crippen LogP contribution >= 0.6 is 0 Å². The first-order chi connectivity index (χ1) is 9.92. The van der Waals surface area contributed by atoms with Gasteiger partial charge in [-0.2, -0.15) is 0 Å². The molecule has 20 heavy (non-hydrogen) atoms. The fourth-order valence-electron chi connectivity index (χ4n) is 3.17. The van der Waals surface area contributed by atoms with Crippen molar-refractivity contribution in [2.75, 3.05) is 52.4 Å². The van der Waals surface area contributed by atoms with Gasteiger partial charge in [-0.15, -0.1) is 0 Å². The normalized spacial score (nSPS) is 24.9. The molecule has 0 radical (unpaired) electrons. The molecule has 4 heteroatoms. The molecule has 2 saturated heterocycles. The van der Waals surface area contributed by atoms with Crippen LogP contribution in [0.2, 0.25) is 0 Å². The molecule has 0 saturated carbocycles. The lowest BCUT2D eigenvalue weighted by Gasteiger charge is -2.32. The number of nitrogens with one attached hydrogen (secondary N) is 1. The SMILES string of the molecule is c1ccc(OCCN2CCC(N3CCNCC3)C2)cc1. The summed E-state index contributed by atoms with van der Waals surface area (Å²) in [6.45, 7) is 8.96. The third-order valence-corrected chi connectivity index (χ3v) is 4.33. The van der Waals surface area contributed by atoms with Crippen molar-refractivity contribution in [3.8, 4) is 5.75 Å². The van der Waals surface area contributed by atoms with E-state index in [9.17, 15) is 0 Å². The second-order valence-electron chi connectivity index (χ2n) is 5.69. The number of hydrogen-bond acceptors (Lipinski definition) is 4. The van der Waals surface area contributed by atoms with Gasteiger partial charge in [0.2, 0.25) is 0 Å². The first-order valence-corrected chi connectivity index (χ1v) is 7.77. The quantitative estimate of drug-likeness (QED) is 0.869. The van der Waals surface area contributed by atoms with Crippen molar-refractivity contribution in [1.29, 1.82) is 0 Å². The third-order valence-electron chi connectivity index (χ3n) is 4.33. The van der Waals surface area contributed by atoms with Crippen molar-refractivity contribution in [3.63, 3.8) is 0 Å². The molecule has 0 aromatic heterocycles. The van der Waals surface area contributed by atoms with E-state index in [1.807, 2.05) is 30.3 Å². The molecule has 3 rings (SSSR count). The van der Waals surface area contributed by atoms with Crippen LogP contribution in [0.4, 0.5) is 0 Å². The van der Waals surface area contributed by atoms with E-state index in [-0.39, 0.29) is 0 Å². The Balaban J connectivity index is 1.37. The Morgan fingerprint density at radius 2 is 1.90 bits per heavy atom. The van der Waals surface area contributed by atoms with E-state index >= 15 is 0 Å². The van der Waals surface area contributed by atoms with Crippen LogP contribution in [0.5, 0.6) is 5.75 Å². The Labute approximate surface area is 121 Å². The predicted molar refractivity (Wildman–Crippen MR) is 81.2 cm³/mol. The minimum absolute atomic E-state index is 0.758. The van der Waals surface area contributed by atoms with Crippen LogP contribution in [0.25, 0.3) is 0 Å². The third kappa shape index (κ3) is 3.72. The molecule has 110 valence electrons. The van der Waals surface area contributed by atoms with Gasteiger partial charge >= 0.3 is 0 Å². The van der Waals surface area contributed by atoms with E-state index in [1.54, 1.807) is 0 Å². The minimum Gasteiger partial charge on any atom is -0.492 e. The van der Waals surface area contributed by atoms with E-state index in [2.05, 4.69) is 15.1 Å². The zero-order valence-corrected chi connectivity index (χ0v) is 12.1. The van der Waals surface area contributed by atoms with Gasteiger partial charge in [0.05, 0.1) is 0 Å². The van der Waals surface area contributed by atoms with Gasteiger partial charge < -0.3 is 10.1 Å². The maximum Gasteiger partial charge on any atom is 0.119 e. The summed E-state index contributed by atoms with van der Waals surface area (Å²) in [6.07, 6.45) is 1.31. The first kappa shape index (κ1) is 13.9. The number of rotatable bonds is 5. The van der Waals surface area contributed by atoms with E-state index in [1.165, 1.54) is 32.6 Å². The minimum atomic E-state index is 0.758. The second kappa shape index (κ2) is 7.07. The second-order valence-corrected chi connectivity index (χ2v) is 5.69. The highest BCUT2D eigenvalue weighted by Gasteiger charge is 2.27. The van der Waals surface area contributed by atoms with Crippen molar-refractivity contribution in [2.45, 2.75) is 12.5 Å². The monoisotopic (exact) mass is 275 g/mol. The van der Waals surface area contributed by atoms with E-state index in [4.69, 9.17) is 4.74 Å². The maximum absolute atomic E-state index is 5.78. The van der Waals surface area contributed by atoms with Crippen LogP contribution in [-0.2, 0) is 0 Å². The zero-order valence-electron chi connectivity index (χ0n) is 12.1. The first-order valence-electron chi connectivity index (χ1n) is 7.77. The summed E-state index contributed by atoms with van der Waals surface area (Å²) in [6, 6.07) is 10.9. The number of ether oxygens (including phenoxy) is 1. The lowest BCUT2D eigenvalue weighted by molar-refractivity contribution is 0.165. The standard InChI is InChI=1S/C16H25N3O/c1-2-4-16(5-3-1)20-13-12-18-9-6-15(14-18)19-10-7-17-8-11-19/h1-5,15,17H,6-14H2. The van der Waals surface area contributed by atoms with E-state index in [0.717, 1.165) is 38.0 Å². The van der Waals surface area contributed by atoms with Crippen LogP contribution in [0.3, 0.4) is 0 Å². The van der Waals surface area contributed by atoms with Gasteiger partial charge in [-0.25, -0.2) is 0 Å². The van der Waals surface area contributed by atoms with Crippen molar-refractivity contribution in [2.24, 2.45) is 0 Å². The van der Waals surface area contributed by atoms with Crippen molar-refractivity contribution in [3.05, 3.63) is 30.3 Å². The molecule has 1 aromatic rings. The predicted octanol–water partition coefficient (Wildman–Crippen LogP) is 1.04. The molecule has 1 aromatic carbocycles. The fourth-order valence-corrected chi connectivity index (χ4v) is 3.17. The lowest BCUT2D eigenvalue weighted by Crippen LogP contribution is -2.49. The largest absolute Gasteiger partial charge is 0.492 e. The Hall–Kier alpha value is -1.10. The number of likely N-dealkylation sites (tertiary alicyclic amines) is 1. The van der Waals surface area contributed by atoms with Gasteiger partial charge in [0.25, 0.3) is 0 Å². The summed E-state index contributed by atoms with van der Waals surface area (Å²) in [5.74, 6) is 0.977. The molecule has 2 aliphatic heterocycles. The fraction of sp³-hybridized carbons (Fsp3) is 0.625. The molecule has 0 spiro atoms. The van der Waals surface area contributed by atoms with Gasteiger partial charge in [-0.05, 0) is 25.1 Å². The highest BCUT2D eigenvalue weighted by molar-refractivity contribution is 5.20. The van der Waals surface area contributed by atoms with Crippen molar-refractivity contribution in [1.82, 2.24) is 15.1 Å². The van der Waals surface area contributed by atoms with Gasteiger partial charge in [0, 0.05) is 45.3 Å². The van der Waals surface area contributed by atoms with Crippen molar-refractivity contribution >= 4 is 0 Å². The Bertz CT molecular complexity index is 392. The number of piperazine rings is 1. The molecule has 0 amide bonds. The summed E-state index contributed by atoms with van der Waals surface area (Å²) < 4.78 is 5.78. The summed E-state index contributed by atoms with van der Waals surface area (Å²) >= 11 is 0. The van der Waals surface area contributed by atoms with Crippen LogP contribution < -0.4 is 10.1 Å². The molecule has 1 atom stereocenters. The molecule has 2 heterocycles. The number of para-hydroxylation sites is 1. The number of hydrogen-bond donors (Lipinski definition) is 1. The van der Waals surface area contributed by atoms with Crippen LogP contribution in [0, 0.1) is 0 Å². The van der Waals surface area contributed by atoms with E-state index in [0.29, 0.717) is 0 Å². The maximum atomic E-state index is 5.78. The summed E-state index contributed by atoms with van der Waals surface area (Å²) in [4.78, 5) is 5.18. The van der Waals surface area contributed by atoms with Gasteiger partial charge in [-0.3, -0.25) is 9.80 Å². The highest BCUT2D eigenvalue weighted by Crippen LogP contribution is 2.16. The zero-order chi connectivity index (χ0) is 13.6. The average Bonchev–Trinajstić information content (AvgIpc) is 2.98. The average molecular weight is 275 g/mol. The van der Waals surface area contributed by atoms with Gasteiger partial charge in [0.15, 0.2) is 0 Å². The molecule has 4 nitrogen and oxygen atoms in total. The van der Waals surface area contributed by atoms with Crippen LogP contribution in [0.1, 0.15) is 6.42 Å². The Kier molecular flexibility index (Phi) is 4.90. The molecule has 0 bridgehead atoms. The van der Waals surface area contributed by atoms with Gasteiger partial charge in [-0.1, -0.05) is 18.2 Å². The Morgan fingerprint density at radius 1 is 1.10 bits per heavy atom. The molecule has 2 fully saturated rings. The molecular formula is C16H25N3O. The molecule has 1 unspecified atom stereocenters. The van der Waals surface area contributed by atoms with E-state index < -0.39 is 0 Å². The lowest BCUT2D eigenvalue weighted by atomic mass is 10.2. The molecular weight excluding hydrogens is 250 g/mol. The number of nitrogens with zero attached hydrogens (tertiary/aromatic N) is 2. The molecule has 2 aliphatic rings. The van der Waals surface area contributed by atoms with Crippen LogP contribution in [-0.4, -0.2) is 68.3 Å². The summed E-state index contributed by atoms with van der Waals surface area (Å²) in [5.41, 5.74) is 0. The topological polar surface area (TPSA) is 27.7 Å². The van der Waals surface area contributed by atoms with Gasteiger partial charge in [0.1, 0.15) is 12.4 Å². The van der Waals surface area contributed by atoms with Crippen molar-refractivity contribution < 1.29 is 4.74 Å². The summed E-state index contributed by atoms with van der Waals surface area (Å²) in [7, 11) is 0. The van der Waals surface area contributed by atoms with Crippen LogP contribution in [0.15, 0.2) is 30.3 Å². The Morgan fingerprint density at radius 3 is 2.70 bits per heavy atom. The number of benzene rings is 1. The molecule has 1 N–H and O–H groups in total.